The molecule has 0 saturated carbocycles. The third-order valence-corrected chi connectivity index (χ3v) is 4.62. The fraction of sp³-hybridized carbons (Fsp3) is 0.562. The minimum atomic E-state index is 0.170. The second kappa shape index (κ2) is 5.19. The van der Waals surface area contributed by atoms with Gasteiger partial charge in [-0.05, 0) is 36.6 Å². The average Bonchev–Trinajstić information content (AvgIpc) is 2.96. The van der Waals surface area contributed by atoms with E-state index in [4.69, 9.17) is 4.74 Å². The molecule has 0 spiro atoms. The van der Waals surface area contributed by atoms with Crippen LogP contribution in [0.5, 0.6) is 0 Å². The lowest BCUT2D eigenvalue weighted by atomic mass is 9.91. The molecule has 1 saturated heterocycles. The molecule has 0 radical (unpaired) electrons. The summed E-state index contributed by atoms with van der Waals surface area (Å²) in [6.07, 6.45) is 1.85. The van der Waals surface area contributed by atoms with Crippen LogP contribution in [0.1, 0.15) is 30.5 Å². The SMILES string of the molecule is CNC(c1ccc2c(c1)CC(=O)N2C)C1OCCC1C. The van der Waals surface area contributed by atoms with E-state index in [1.54, 1.807) is 4.90 Å². The standard InChI is InChI=1S/C16H22N2O2/c1-10-6-7-20-16(10)15(17-2)11-4-5-13-12(8-11)9-14(19)18(13)3/h4-5,8,10,15-17H,6-7,9H2,1-3H3. The molecule has 1 aromatic carbocycles. The second-order valence-corrected chi connectivity index (χ2v) is 5.89. The Morgan fingerprint density at radius 3 is 2.90 bits per heavy atom. The maximum absolute atomic E-state index is 11.8. The van der Waals surface area contributed by atoms with E-state index < -0.39 is 0 Å². The molecule has 3 rings (SSSR count). The predicted molar refractivity (Wildman–Crippen MR) is 78.9 cm³/mol. The summed E-state index contributed by atoms with van der Waals surface area (Å²) in [6, 6.07) is 6.52. The van der Waals surface area contributed by atoms with Crippen molar-refractivity contribution in [2.45, 2.75) is 31.9 Å². The summed E-state index contributed by atoms with van der Waals surface area (Å²) in [5.41, 5.74) is 3.38. The van der Waals surface area contributed by atoms with Crippen LogP contribution in [0.15, 0.2) is 18.2 Å². The molecule has 1 N–H and O–H groups in total. The summed E-state index contributed by atoms with van der Waals surface area (Å²) in [6.45, 7) is 3.09. The zero-order valence-corrected chi connectivity index (χ0v) is 12.3. The fourth-order valence-electron chi connectivity index (χ4n) is 3.35. The monoisotopic (exact) mass is 274 g/mol. The molecule has 0 aromatic heterocycles. The van der Waals surface area contributed by atoms with E-state index in [2.05, 4.69) is 30.4 Å². The van der Waals surface area contributed by atoms with Crippen molar-refractivity contribution in [3.8, 4) is 0 Å². The molecule has 3 atom stereocenters. The number of nitrogens with zero attached hydrogens (tertiary/aromatic N) is 1. The highest BCUT2D eigenvalue weighted by molar-refractivity contribution is 6.00. The first-order valence-electron chi connectivity index (χ1n) is 7.30. The minimum absolute atomic E-state index is 0.170. The van der Waals surface area contributed by atoms with Crippen LogP contribution in [-0.2, 0) is 16.0 Å². The van der Waals surface area contributed by atoms with Gasteiger partial charge in [0.1, 0.15) is 0 Å². The molecule has 108 valence electrons. The van der Waals surface area contributed by atoms with Gasteiger partial charge in [-0.15, -0.1) is 0 Å². The van der Waals surface area contributed by atoms with Crippen molar-refractivity contribution in [3.05, 3.63) is 29.3 Å². The highest BCUT2D eigenvalue weighted by Gasteiger charge is 2.33. The van der Waals surface area contributed by atoms with Gasteiger partial charge in [0.2, 0.25) is 5.91 Å². The molecule has 1 amide bonds. The van der Waals surface area contributed by atoms with E-state index in [0.717, 1.165) is 24.3 Å². The van der Waals surface area contributed by atoms with E-state index in [-0.39, 0.29) is 18.1 Å². The third kappa shape index (κ3) is 2.13. The van der Waals surface area contributed by atoms with Gasteiger partial charge in [0, 0.05) is 19.3 Å². The number of carbonyl (C=O) groups excluding carboxylic acids is 1. The Hall–Kier alpha value is -1.39. The van der Waals surface area contributed by atoms with Crippen molar-refractivity contribution in [1.82, 2.24) is 5.32 Å². The Kier molecular flexibility index (Phi) is 3.52. The van der Waals surface area contributed by atoms with Crippen LogP contribution in [0.2, 0.25) is 0 Å². The lowest BCUT2D eigenvalue weighted by Crippen LogP contribution is -2.32. The molecule has 2 aliphatic rings. The quantitative estimate of drug-likeness (QED) is 0.915. The average molecular weight is 274 g/mol. The van der Waals surface area contributed by atoms with Gasteiger partial charge in [-0.3, -0.25) is 4.79 Å². The van der Waals surface area contributed by atoms with Crippen molar-refractivity contribution >= 4 is 11.6 Å². The van der Waals surface area contributed by atoms with E-state index >= 15 is 0 Å². The summed E-state index contributed by atoms with van der Waals surface area (Å²) < 4.78 is 5.89. The first-order valence-corrected chi connectivity index (χ1v) is 7.30. The van der Waals surface area contributed by atoms with Crippen molar-refractivity contribution in [1.29, 1.82) is 0 Å². The number of anilines is 1. The first-order chi connectivity index (χ1) is 9.61. The molecular weight excluding hydrogens is 252 g/mol. The maximum atomic E-state index is 11.8. The number of ether oxygens (including phenoxy) is 1. The highest BCUT2D eigenvalue weighted by Crippen LogP contribution is 2.35. The largest absolute Gasteiger partial charge is 0.376 e. The van der Waals surface area contributed by atoms with Gasteiger partial charge in [-0.1, -0.05) is 19.1 Å². The molecule has 2 heterocycles. The predicted octanol–water partition coefficient (Wildman–Crippen LogP) is 1.89. The summed E-state index contributed by atoms with van der Waals surface area (Å²) in [4.78, 5) is 13.5. The Morgan fingerprint density at radius 2 is 2.25 bits per heavy atom. The van der Waals surface area contributed by atoms with Crippen LogP contribution in [0.4, 0.5) is 5.69 Å². The summed E-state index contributed by atoms with van der Waals surface area (Å²) >= 11 is 0. The topological polar surface area (TPSA) is 41.6 Å². The number of amides is 1. The number of carbonyl (C=O) groups is 1. The molecule has 2 aliphatic heterocycles. The maximum Gasteiger partial charge on any atom is 0.231 e. The highest BCUT2D eigenvalue weighted by atomic mass is 16.5. The Balaban J connectivity index is 1.90. The van der Waals surface area contributed by atoms with E-state index in [1.165, 1.54) is 5.56 Å². The first kappa shape index (κ1) is 13.6. The van der Waals surface area contributed by atoms with Crippen LogP contribution in [0.3, 0.4) is 0 Å². The number of hydrogen-bond acceptors (Lipinski definition) is 3. The number of rotatable bonds is 3. The van der Waals surface area contributed by atoms with Gasteiger partial charge in [0.25, 0.3) is 0 Å². The molecular formula is C16H22N2O2. The van der Waals surface area contributed by atoms with Gasteiger partial charge in [0.15, 0.2) is 0 Å². The van der Waals surface area contributed by atoms with Crippen LogP contribution >= 0.6 is 0 Å². The van der Waals surface area contributed by atoms with Crippen LogP contribution in [0.25, 0.3) is 0 Å². The summed E-state index contributed by atoms with van der Waals surface area (Å²) in [5.74, 6) is 0.730. The molecule has 3 unspecified atom stereocenters. The zero-order chi connectivity index (χ0) is 14.3. The number of hydrogen-bond donors (Lipinski definition) is 1. The molecule has 4 nitrogen and oxygen atoms in total. The smallest absolute Gasteiger partial charge is 0.231 e. The fourth-order valence-corrected chi connectivity index (χ4v) is 3.35. The number of likely N-dealkylation sites (N-methyl/N-ethyl adjacent to an activating group) is 2. The van der Waals surface area contributed by atoms with Crippen molar-refractivity contribution in [2.75, 3.05) is 25.6 Å². The van der Waals surface area contributed by atoms with Gasteiger partial charge in [0.05, 0.1) is 18.6 Å². The van der Waals surface area contributed by atoms with Gasteiger partial charge < -0.3 is 15.0 Å². The van der Waals surface area contributed by atoms with Crippen molar-refractivity contribution in [3.63, 3.8) is 0 Å². The van der Waals surface area contributed by atoms with Gasteiger partial charge >= 0.3 is 0 Å². The van der Waals surface area contributed by atoms with Crippen LogP contribution < -0.4 is 10.2 Å². The molecule has 1 aromatic rings. The third-order valence-electron chi connectivity index (χ3n) is 4.62. The summed E-state index contributed by atoms with van der Waals surface area (Å²) in [5, 5.41) is 3.38. The minimum Gasteiger partial charge on any atom is -0.376 e. The van der Waals surface area contributed by atoms with Crippen LogP contribution in [0, 0.1) is 5.92 Å². The summed E-state index contributed by atoms with van der Waals surface area (Å²) in [7, 11) is 3.81. The van der Waals surface area contributed by atoms with Gasteiger partial charge in [-0.2, -0.15) is 0 Å². The van der Waals surface area contributed by atoms with E-state index in [9.17, 15) is 4.79 Å². The molecule has 1 fully saturated rings. The molecule has 0 bridgehead atoms. The number of benzene rings is 1. The Bertz CT molecular complexity index is 529. The van der Waals surface area contributed by atoms with E-state index in [0.29, 0.717) is 12.3 Å². The van der Waals surface area contributed by atoms with Crippen LogP contribution in [-0.4, -0.2) is 32.7 Å². The molecule has 20 heavy (non-hydrogen) atoms. The lowest BCUT2D eigenvalue weighted by Gasteiger charge is -2.26. The normalized spacial score (nSPS) is 26.9. The van der Waals surface area contributed by atoms with Crippen molar-refractivity contribution in [2.24, 2.45) is 5.92 Å². The number of nitrogens with one attached hydrogen (secondary N) is 1. The Morgan fingerprint density at radius 1 is 1.45 bits per heavy atom. The van der Waals surface area contributed by atoms with Crippen molar-refractivity contribution < 1.29 is 9.53 Å². The molecule has 4 heteroatoms. The molecule has 0 aliphatic carbocycles. The van der Waals surface area contributed by atoms with E-state index in [1.807, 2.05) is 14.1 Å². The van der Waals surface area contributed by atoms with Gasteiger partial charge in [-0.25, -0.2) is 0 Å². The zero-order valence-electron chi connectivity index (χ0n) is 12.3. The second-order valence-electron chi connectivity index (χ2n) is 5.89. The Labute approximate surface area is 120 Å². The lowest BCUT2D eigenvalue weighted by molar-refractivity contribution is -0.117. The number of fused-ring (bicyclic) bond motifs is 1.